The predicted octanol–water partition coefficient (Wildman–Crippen LogP) is 2.49. The Hall–Kier alpha value is -1.55. The van der Waals surface area contributed by atoms with E-state index in [0.29, 0.717) is 5.92 Å². The van der Waals surface area contributed by atoms with Gasteiger partial charge in [-0.1, -0.05) is 6.07 Å². The number of likely N-dealkylation sites (tertiary alicyclic amines) is 1. The molecule has 4 nitrogen and oxygen atoms in total. The summed E-state index contributed by atoms with van der Waals surface area (Å²) in [6.07, 6.45) is 2.36. The molecule has 3 heterocycles. The number of nitrogens with two attached hydrogens (primary N) is 1. The minimum atomic E-state index is 0.515. The van der Waals surface area contributed by atoms with Crippen molar-refractivity contribution in [3.63, 3.8) is 0 Å². The normalized spacial score (nSPS) is 19.6. The first-order chi connectivity index (χ1) is 9.39. The Morgan fingerprint density at radius 1 is 1.20 bits per heavy atom. The molecule has 0 atom stereocenters. The van der Waals surface area contributed by atoms with Crippen LogP contribution in [0.15, 0.2) is 12.1 Å². The Morgan fingerprint density at radius 2 is 1.85 bits per heavy atom. The number of rotatable bonds is 1. The van der Waals surface area contributed by atoms with Crippen LogP contribution in [-0.2, 0) is 0 Å². The molecule has 2 aromatic rings. The number of quaternary nitrogens is 1. The summed E-state index contributed by atoms with van der Waals surface area (Å²) in [5.41, 5.74) is 11.9. The first-order valence-corrected chi connectivity index (χ1v) is 7.45. The molecule has 0 spiro atoms. The smallest absolute Gasteiger partial charge is 0.0900 e. The minimum absolute atomic E-state index is 0.515. The lowest BCUT2D eigenvalue weighted by Crippen LogP contribution is -2.45. The van der Waals surface area contributed by atoms with E-state index in [-0.39, 0.29) is 0 Å². The highest BCUT2D eigenvalue weighted by atomic mass is 15.3. The van der Waals surface area contributed by atoms with Gasteiger partial charge in [-0.3, -0.25) is 0 Å². The Labute approximate surface area is 120 Å². The minimum Gasteiger partial charge on any atom is -0.395 e. The summed E-state index contributed by atoms with van der Waals surface area (Å²) in [5.74, 6) is 0.515. The van der Waals surface area contributed by atoms with Gasteiger partial charge in [0.05, 0.1) is 44.1 Å². The van der Waals surface area contributed by atoms with Gasteiger partial charge in [0, 0.05) is 24.5 Å². The van der Waals surface area contributed by atoms with Crippen molar-refractivity contribution in [2.45, 2.75) is 32.6 Å². The van der Waals surface area contributed by atoms with Crippen LogP contribution in [0.1, 0.15) is 35.7 Å². The van der Waals surface area contributed by atoms with Gasteiger partial charge in [-0.15, -0.1) is 0 Å². The third-order valence-corrected chi connectivity index (χ3v) is 4.92. The molecule has 0 amide bonds. The Morgan fingerprint density at radius 3 is 2.50 bits per heavy atom. The van der Waals surface area contributed by atoms with Crippen LogP contribution in [-0.4, -0.2) is 41.3 Å². The second kappa shape index (κ2) is 4.48. The molecule has 20 heavy (non-hydrogen) atoms. The van der Waals surface area contributed by atoms with Crippen molar-refractivity contribution in [3.05, 3.63) is 29.1 Å². The van der Waals surface area contributed by atoms with E-state index < -0.39 is 0 Å². The van der Waals surface area contributed by atoms with E-state index in [1.165, 1.54) is 37.2 Å². The van der Waals surface area contributed by atoms with E-state index in [2.05, 4.69) is 40.1 Å². The summed E-state index contributed by atoms with van der Waals surface area (Å²) < 4.78 is 3.14. The molecule has 1 aliphatic heterocycles. The van der Waals surface area contributed by atoms with E-state index in [0.717, 1.165) is 21.4 Å². The molecule has 0 unspecified atom stereocenters. The Kier molecular flexibility index (Phi) is 3.01. The summed E-state index contributed by atoms with van der Waals surface area (Å²) in [6, 6.07) is 4.23. The highest BCUT2D eigenvalue weighted by molar-refractivity contribution is 5.73. The average molecular weight is 273 g/mol. The SMILES string of the molecule is Cc1ccc2c(N)c(C3CC[N+](C)(C)CC3)nn2c1C. The molecule has 108 valence electrons. The molecule has 0 saturated carbocycles. The molecule has 1 aliphatic rings. The fourth-order valence-electron chi connectivity index (χ4n) is 3.21. The maximum Gasteiger partial charge on any atom is 0.0900 e. The maximum absolute atomic E-state index is 6.37. The highest BCUT2D eigenvalue weighted by Crippen LogP contribution is 2.34. The van der Waals surface area contributed by atoms with Crippen molar-refractivity contribution in [2.75, 3.05) is 32.9 Å². The van der Waals surface area contributed by atoms with Crippen molar-refractivity contribution < 1.29 is 4.48 Å². The molecule has 4 heteroatoms. The zero-order valence-electron chi connectivity index (χ0n) is 13.0. The summed E-state index contributed by atoms with van der Waals surface area (Å²) in [7, 11) is 4.60. The number of piperidine rings is 1. The number of nitrogens with zero attached hydrogens (tertiary/aromatic N) is 3. The summed E-state index contributed by atoms with van der Waals surface area (Å²) in [5, 5.41) is 4.83. The van der Waals surface area contributed by atoms with Crippen LogP contribution < -0.4 is 5.73 Å². The lowest BCUT2D eigenvalue weighted by atomic mass is 9.92. The lowest BCUT2D eigenvalue weighted by Gasteiger charge is -2.36. The van der Waals surface area contributed by atoms with E-state index >= 15 is 0 Å². The first-order valence-electron chi connectivity index (χ1n) is 7.45. The van der Waals surface area contributed by atoms with E-state index in [1.807, 2.05) is 4.52 Å². The zero-order chi connectivity index (χ0) is 14.5. The fraction of sp³-hybridized carbons (Fsp3) is 0.562. The van der Waals surface area contributed by atoms with Crippen molar-refractivity contribution in [3.8, 4) is 0 Å². The standard InChI is InChI=1S/C16H25N4/c1-11-5-6-14-15(17)16(18-19(14)12(11)2)13-7-9-20(3,4)10-8-13/h5-6,13H,7-10,17H2,1-4H3/q+1. The van der Waals surface area contributed by atoms with E-state index in [4.69, 9.17) is 10.8 Å². The number of aryl methyl sites for hydroxylation is 2. The van der Waals surface area contributed by atoms with Gasteiger partial charge in [0.25, 0.3) is 0 Å². The topological polar surface area (TPSA) is 43.3 Å². The number of aromatic nitrogens is 2. The van der Waals surface area contributed by atoms with Crippen molar-refractivity contribution >= 4 is 11.2 Å². The molecular weight excluding hydrogens is 248 g/mol. The third-order valence-electron chi connectivity index (χ3n) is 4.92. The zero-order valence-corrected chi connectivity index (χ0v) is 13.0. The maximum atomic E-state index is 6.37. The molecule has 1 saturated heterocycles. The fourth-order valence-corrected chi connectivity index (χ4v) is 3.21. The van der Waals surface area contributed by atoms with Gasteiger partial charge in [-0.05, 0) is 25.5 Å². The molecule has 2 N–H and O–H groups in total. The number of nitrogen functional groups attached to an aromatic ring is 1. The molecule has 1 fully saturated rings. The summed E-state index contributed by atoms with van der Waals surface area (Å²) in [4.78, 5) is 0. The van der Waals surface area contributed by atoms with Crippen molar-refractivity contribution in [1.82, 2.24) is 9.61 Å². The van der Waals surface area contributed by atoms with Crippen molar-refractivity contribution in [1.29, 1.82) is 0 Å². The monoisotopic (exact) mass is 273 g/mol. The second-order valence-corrected chi connectivity index (χ2v) is 6.85. The van der Waals surface area contributed by atoms with Gasteiger partial charge in [0.2, 0.25) is 0 Å². The molecule has 0 aliphatic carbocycles. The van der Waals surface area contributed by atoms with E-state index in [9.17, 15) is 0 Å². The quantitative estimate of drug-likeness (QED) is 0.811. The predicted molar refractivity (Wildman–Crippen MR) is 82.9 cm³/mol. The van der Waals surface area contributed by atoms with Crippen LogP contribution in [0.25, 0.3) is 5.52 Å². The number of pyridine rings is 1. The Balaban J connectivity index is 2.01. The highest BCUT2D eigenvalue weighted by Gasteiger charge is 2.30. The Bertz CT molecular complexity index is 644. The van der Waals surface area contributed by atoms with Gasteiger partial charge >= 0.3 is 0 Å². The first kappa shape index (κ1) is 13.4. The molecule has 0 aromatic carbocycles. The van der Waals surface area contributed by atoms with Gasteiger partial charge in [0.15, 0.2) is 0 Å². The van der Waals surface area contributed by atoms with E-state index in [1.54, 1.807) is 0 Å². The van der Waals surface area contributed by atoms with Crippen LogP contribution in [0.2, 0.25) is 0 Å². The number of hydrogen-bond acceptors (Lipinski definition) is 2. The van der Waals surface area contributed by atoms with Crippen LogP contribution >= 0.6 is 0 Å². The molecule has 3 rings (SSSR count). The van der Waals surface area contributed by atoms with Gasteiger partial charge in [-0.25, -0.2) is 4.52 Å². The van der Waals surface area contributed by atoms with Crippen LogP contribution in [0, 0.1) is 13.8 Å². The number of anilines is 1. The lowest BCUT2D eigenvalue weighted by molar-refractivity contribution is -0.895. The summed E-state index contributed by atoms with van der Waals surface area (Å²) in [6.45, 7) is 6.64. The average Bonchev–Trinajstić information content (AvgIpc) is 2.72. The van der Waals surface area contributed by atoms with Gasteiger partial charge in [-0.2, -0.15) is 5.10 Å². The number of fused-ring (bicyclic) bond motifs is 1. The third kappa shape index (κ3) is 2.08. The largest absolute Gasteiger partial charge is 0.395 e. The molecule has 0 bridgehead atoms. The second-order valence-electron chi connectivity index (χ2n) is 6.85. The van der Waals surface area contributed by atoms with Crippen molar-refractivity contribution in [2.24, 2.45) is 0 Å². The molecule has 2 aromatic heterocycles. The van der Waals surface area contributed by atoms with Crippen LogP contribution in [0.5, 0.6) is 0 Å². The van der Waals surface area contributed by atoms with Crippen LogP contribution in [0.3, 0.4) is 0 Å². The van der Waals surface area contributed by atoms with Gasteiger partial charge in [0.1, 0.15) is 0 Å². The number of hydrogen-bond donors (Lipinski definition) is 1. The summed E-state index contributed by atoms with van der Waals surface area (Å²) >= 11 is 0. The molecular formula is C16H25N4+. The van der Waals surface area contributed by atoms with Gasteiger partial charge < -0.3 is 10.2 Å². The van der Waals surface area contributed by atoms with Crippen LogP contribution in [0.4, 0.5) is 5.69 Å². The molecule has 0 radical (unpaired) electrons.